The van der Waals surface area contributed by atoms with Crippen molar-refractivity contribution in [2.45, 2.75) is 20.8 Å². The van der Waals surface area contributed by atoms with Crippen LogP contribution in [0, 0.1) is 23.1 Å². The molecule has 0 aromatic heterocycles. The Morgan fingerprint density at radius 3 is 2.71 bits per heavy atom. The second-order valence-corrected chi connectivity index (χ2v) is 6.05. The van der Waals surface area contributed by atoms with Crippen LogP contribution >= 0.6 is 0 Å². The van der Waals surface area contributed by atoms with Gasteiger partial charge in [-0.2, -0.15) is 0 Å². The summed E-state index contributed by atoms with van der Waals surface area (Å²) in [5, 5.41) is 0. The van der Waals surface area contributed by atoms with E-state index in [2.05, 4.69) is 32.6 Å². The van der Waals surface area contributed by atoms with Gasteiger partial charge < -0.3 is 0 Å². The Morgan fingerprint density at radius 1 is 1.38 bits per heavy atom. The molecule has 0 atom stereocenters. The molecule has 0 saturated heterocycles. The minimum Gasteiger partial charge on any atom is -0.295 e. The third-order valence-electron chi connectivity index (χ3n) is 2.63. The summed E-state index contributed by atoms with van der Waals surface area (Å²) >= 11 is 0. The molecule has 0 aliphatic rings. The van der Waals surface area contributed by atoms with Gasteiger partial charge >= 0.3 is 0 Å². The third kappa shape index (κ3) is 7.43. The first-order valence-electron chi connectivity index (χ1n) is 6.93. The van der Waals surface area contributed by atoms with Crippen molar-refractivity contribution in [3.8, 4) is 11.8 Å². The number of allylic oxidation sites excluding steroid dienone is 1. The average molecular weight is 287 g/mol. The highest BCUT2D eigenvalue weighted by Gasteiger charge is 2.09. The minimum atomic E-state index is -0.388. The molecule has 112 valence electrons. The van der Waals surface area contributed by atoms with Gasteiger partial charge in [0.1, 0.15) is 5.82 Å². The second-order valence-electron chi connectivity index (χ2n) is 6.05. The van der Waals surface area contributed by atoms with E-state index in [4.69, 9.17) is 0 Å². The molecule has 0 radical (unpaired) electrons. The van der Waals surface area contributed by atoms with Crippen LogP contribution in [0.2, 0.25) is 0 Å². The summed E-state index contributed by atoms with van der Waals surface area (Å²) in [6.07, 6.45) is 3.71. The lowest BCUT2D eigenvalue weighted by atomic mass is 9.98. The van der Waals surface area contributed by atoms with Crippen molar-refractivity contribution in [2.24, 2.45) is 5.41 Å². The van der Waals surface area contributed by atoms with Crippen molar-refractivity contribution in [1.82, 2.24) is 4.90 Å². The molecule has 3 heteroatoms. The highest BCUT2D eigenvalue weighted by molar-refractivity contribution is 5.97. The van der Waals surface area contributed by atoms with E-state index in [1.165, 1.54) is 12.1 Å². The first-order chi connectivity index (χ1) is 9.78. The van der Waals surface area contributed by atoms with Crippen LogP contribution in [0.1, 0.15) is 31.1 Å². The Bertz CT molecular complexity index is 573. The largest absolute Gasteiger partial charge is 0.295 e. The number of nitrogens with zero attached hydrogens (tertiary/aromatic N) is 1. The third-order valence-corrected chi connectivity index (χ3v) is 2.63. The maximum atomic E-state index is 13.1. The van der Waals surface area contributed by atoms with Crippen molar-refractivity contribution in [3.05, 3.63) is 47.8 Å². The van der Waals surface area contributed by atoms with Crippen LogP contribution in [0.25, 0.3) is 0 Å². The fourth-order valence-electron chi connectivity index (χ4n) is 1.61. The van der Waals surface area contributed by atoms with Crippen molar-refractivity contribution in [1.29, 1.82) is 0 Å². The molecule has 0 aliphatic carbocycles. The first-order valence-corrected chi connectivity index (χ1v) is 6.93. The van der Waals surface area contributed by atoms with Gasteiger partial charge in [0, 0.05) is 17.5 Å². The highest BCUT2D eigenvalue weighted by Crippen LogP contribution is 2.09. The molecule has 0 heterocycles. The number of carbonyl (C=O) groups is 1. The van der Waals surface area contributed by atoms with Crippen molar-refractivity contribution < 1.29 is 9.18 Å². The second kappa shape index (κ2) is 7.75. The summed E-state index contributed by atoms with van der Waals surface area (Å²) in [5.74, 6) is 5.61. The lowest BCUT2D eigenvalue weighted by molar-refractivity contribution is 0.0951. The molecular weight excluding hydrogens is 265 g/mol. The van der Waals surface area contributed by atoms with Crippen molar-refractivity contribution in [2.75, 3.05) is 20.1 Å². The Labute approximate surface area is 126 Å². The van der Waals surface area contributed by atoms with E-state index in [0.717, 1.165) is 0 Å². The van der Waals surface area contributed by atoms with E-state index in [9.17, 15) is 9.18 Å². The van der Waals surface area contributed by atoms with Crippen LogP contribution in [0.15, 0.2) is 36.4 Å². The topological polar surface area (TPSA) is 20.3 Å². The fourth-order valence-corrected chi connectivity index (χ4v) is 1.61. The number of carbonyl (C=O) groups excluding carboxylic acids is 1. The van der Waals surface area contributed by atoms with Gasteiger partial charge in [-0.15, -0.1) is 0 Å². The Hall–Kier alpha value is -1.92. The average Bonchev–Trinajstić information content (AvgIpc) is 2.36. The molecule has 1 rings (SSSR count). The van der Waals surface area contributed by atoms with Gasteiger partial charge in [0.2, 0.25) is 0 Å². The molecule has 0 fully saturated rings. The number of likely N-dealkylation sites (N-methyl/N-ethyl adjacent to an activating group) is 1. The SMILES string of the molecule is CN(CC=CC#CC(C)(C)C)CC(=O)c1cccc(F)c1. The molecule has 0 aliphatic heterocycles. The molecule has 1 aromatic carbocycles. The number of hydrogen-bond acceptors (Lipinski definition) is 2. The van der Waals surface area contributed by atoms with Gasteiger partial charge in [0.15, 0.2) is 5.78 Å². The maximum Gasteiger partial charge on any atom is 0.176 e. The summed E-state index contributed by atoms with van der Waals surface area (Å²) in [6.45, 7) is 7.03. The summed E-state index contributed by atoms with van der Waals surface area (Å²) in [7, 11) is 1.85. The van der Waals surface area contributed by atoms with Crippen molar-refractivity contribution in [3.63, 3.8) is 0 Å². The van der Waals surface area contributed by atoms with Crippen LogP contribution in [0.5, 0.6) is 0 Å². The van der Waals surface area contributed by atoms with Crippen LogP contribution in [0.3, 0.4) is 0 Å². The number of hydrogen-bond donors (Lipinski definition) is 0. The standard InChI is InChI=1S/C18H22FNO/c1-18(2,3)11-6-5-7-12-20(4)14-17(21)15-9-8-10-16(19)13-15/h5,7-10,13H,12,14H2,1-4H3. The monoisotopic (exact) mass is 287 g/mol. The van der Waals surface area contributed by atoms with Gasteiger partial charge in [-0.25, -0.2) is 4.39 Å². The summed E-state index contributed by atoms with van der Waals surface area (Å²) in [6, 6.07) is 5.77. The molecule has 0 unspecified atom stereocenters. The zero-order chi connectivity index (χ0) is 15.9. The maximum absolute atomic E-state index is 13.1. The Kier molecular flexibility index (Phi) is 6.33. The normalized spacial score (nSPS) is 11.5. The van der Waals surface area contributed by atoms with Crippen LogP contribution in [-0.4, -0.2) is 30.8 Å². The molecule has 0 N–H and O–H groups in total. The van der Waals surface area contributed by atoms with Gasteiger partial charge in [0.05, 0.1) is 6.54 Å². The number of ketones is 1. The highest BCUT2D eigenvalue weighted by atomic mass is 19.1. The summed E-state index contributed by atoms with van der Waals surface area (Å²) < 4.78 is 13.1. The number of halogens is 1. The van der Waals surface area contributed by atoms with E-state index in [-0.39, 0.29) is 23.6 Å². The molecule has 0 spiro atoms. The zero-order valence-electron chi connectivity index (χ0n) is 13.1. The Balaban J connectivity index is 2.46. The predicted octanol–water partition coefficient (Wildman–Crippen LogP) is 3.55. The zero-order valence-corrected chi connectivity index (χ0v) is 13.1. The smallest absolute Gasteiger partial charge is 0.176 e. The van der Waals surface area contributed by atoms with E-state index >= 15 is 0 Å². The molecule has 21 heavy (non-hydrogen) atoms. The van der Waals surface area contributed by atoms with Crippen LogP contribution < -0.4 is 0 Å². The molecular formula is C18H22FNO. The summed E-state index contributed by atoms with van der Waals surface area (Å²) in [5.41, 5.74) is 0.391. The summed E-state index contributed by atoms with van der Waals surface area (Å²) in [4.78, 5) is 13.8. The predicted molar refractivity (Wildman–Crippen MR) is 84.6 cm³/mol. The van der Waals surface area contributed by atoms with Gasteiger partial charge in [0.25, 0.3) is 0 Å². The van der Waals surface area contributed by atoms with Gasteiger partial charge in [-0.1, -0.05) is 30.0 Å². The number of rotatable bonds is 5. The molecule has 0 bridgehead atoms. The van der Waals surface area contributed by atoms with E-state index in [0.29, 0.717) is 12.1 Å². The number of Topliss-reactive ketones (excluding diaryl/α,β-unsaturated/α-hetero) is 1. The molecule has 1 aromatic rings. The molecule has 0 amide bonds. The quantitative estimate of drug-likeness (QED) is 0.610. The Morgan fingerprint density at radius 2 is 2.10 bits per heavy atom. The number of benzene rings is 1. The lowest BCUT2D eigenvalue weighted by Gasteiger charge is -2.13. The first kappa shape index (κ1) is 17.1. The van der Waals surface area contributed by atoms with E-state index in [1.54, 1.807) is 18.2 Å². The van der Waals surface area contributed by atoms with Crippen LogP contribution in [0.4, 0.5) is 4.39 Å². The molecule has 2 nitrogen and oxygen atoms in total. The molecule has 0 saturated carbocycles. The van der Waals surface area contributed by atoms with Crippen molar-refractivity contribution >= 4 is 5.78 Å². The van der Waals surface area contributed by atoms with E-state index < -0.39 is 0 Å². The van der Waals surface area contributed by atoms with Crippen LogP contribution in [-0.2, 0) is 0 Å². The van der Waals surface area contributed by atoms with E-state index in [1.807, 2.05) is 18.0 Å². The van der Waals surface area contributed by atoms with Gasteiger partial charge in [-0.05, 0) is 46.0 Å². The fraction of sp³-hybridized carbons (Fsp3) is 0.389. The lowest BCUT2D eigenvalue weighted by Crippen LogP contribution is -2.26. The minimum absolute atomic E-state index is 0.0103. The van der Waals surface area contributed by atoms with Gasteiger partial charge in [-0.3, -0.25) is 9.69 Å².